The molecule has 2 aromatic rings. The van der Waals surface area contributed by atoms with Crippen LogP contribution in [0, 0.1) is 0 Å². The van der Waals surface area contributed by atoms with Gasteiger partial charge in [0.05, 0.1) is 18.6 Å². The number of aromatic nitrogens is 1. The highest BCUT2D eigenvalue weighted by atomic mass is 32.2. The summed E-state index contributed by atoms with van der Waals surface area (Å²) in [5.74, 6) is 0.210. The number of methoxy groups -OCH3 is 1. The first-order valence-electron chi connectivity index (χ1n) is 9.60. The Labute approximate surface area is 180 Å². The molecule has 0 unspecified atom stereocenters. The molecule has 0 bridgehead atoms. The van der Waals surface area contributed by atoms with Crippen LogP contribution in [0.2, 0.25) is 0 Å². The highest BCUT2D eigenvalue weighted by molar-refractivity contribution is 7.90. The van der Waals surface area contributed by atoms with E-state index >= 15 is 0 Å². The average Bonchev–Trinajstić information content (AvgIpc) is 3.03. The van der Waals surface area contributed by atoms with Gasteiger partial charge in [0.1, 0.15) is 15.6 Å². The molecule has 10 heteroatoms. The van der Waals surface area contributed by atoms with Gasteiger partial charge in [0.2, 0.25) is 5.91 Å². The van der Waals surface area contributed by atoms with Gasteiger partial charge in [0.15, 0.2) is 5.01 Å². The molecule has 1 N–H and O–H groups in total. The summed E-state index contributed by atoms with van der Waals surface area (Å²) in [5.41, 5.74) is 1.77. The molecule has 0 aliphatic carbocycles. The van der Waals surface area contributed by atoms with Gasteiger partial charge < -0.3 is 15.0 Å². The van der Waals surface area contributed by atoms with Crippen LogP contribution in [-0.4, -0.2) is 62.3 Å². The monoisotopic (exact) mass is 451 g/mol. The van der Waals surface area contributed by atoms with Gasteiger partial charge in [-0.25, -0.2) is 13.4 Å². The second kappa shape index (κ2) is 9.57. The van der Waals surface area contributed by atoms with Crippen molar-refractivity contribution in [1.29, 1.82) is 0 Å². The number of carbonyl (C=O) groups excluding carboxylic acids is 2. The number of sulfone groups is 1. The van der Waals surface area contributed by atoms with Crippen LogP contribution in [0.3, 0.4) is 0 Å². The molecule has 1 aliphatic rings. The Morgan fingerprint density at radius 2 is 2.03 bits per heavy atom. The lowest BCUT2D eigenvalue weighted by Gasteiger charge is -2.19. The second-order valence-electron chi connectivity index (χ2n) is 7.18. The van der Waals surface area contributed by atoms with E-state index in [0.717, 1.165) is 28.1 Å². The first-order chi connectivity index (χ1) is 14.2. The van der Waals surface area contributed by atoms with Gasteiger partial charge in [0.25, 0.3) is 5.91 Å². The normalized spacial score (nSPS) is 14.0. The van der Waals surface area contributed by atoms with Crippen LogP contribution in [0.15, 0.2) is 24.3 Å². The molecular weight excluding hydrogens is 426 g/mol. The molecule has 0 radical (unpaired) electrons. The Bertz CT molecular complexity index is 1010. The number of hydrogen-bond donors (Lipinski definition) is 1. The van der Waals surface area contributed by atoms with E-state index in [1.807, 2.05) is 24.3 Å². The smallest absolute Gasteiger partial charge is 0.280 e. The van der Waals surface area contributed by atoms with Crippen LogP contribution in [0.25, 0.3) is 0 Å². The fraction of sp³-hybridized carbons (Fsp3) is 0.450. The fourth-order valence-electron chi connectivity index (χ4n) is 3.18. The SMILES string of the molecule is COc1cccc(CNC(=O)c2nc3c(s2)CCN(C(=O)CCS(C)(=O)=O)CC3)c1. The molecule has 1 aliphatic heterocycles. The van der Waals surface area contributed by atoms with Gasteiger partial charge in [-0.15, -0.1) is 11.3 Å². The number of rotatable bonds is 7. The molecule has 162 valence electrons. The summed E-state index contributed by atoms with van der Waals surface area (Å²) in [6.45, 7) is 1.36. The van der Waals surface area contributed by atoms with Crippen LogP contribution < -0.4 is 10.1 Å². The Balaban J connectivity index is 1.56. The predicted molar refractivity (Wildman–Crippen MR) is 115 cm³/mol. The Hall–Kier alpha value is -2.46. The van der Waals surface area contributed by atoms with Crippen molar-refractivity contribution >= 4 is 33.0 Å². The van der Waals surface area contributed by atoms with Crippen LogP contribution in [0.5, 0.6) is 5.75 Å². The Morgan fingerprint density at radius 3 is 2.77 bits per heavy atom. The molecule has 8 nitrogen and oxygen atoms in total. The lowest BCUT2D eigenvalue weighted by Crippen LogP contribution is -2.34. The van der Waals surface area contributed by atoms with E-state index in [-0.39, 0.29) is 24.0 Å². The lowest BCUT2D eigenvalue weighted by molar-refractivity contribution is -0.130. The molecule has 0 saturated heterocycles. The van der Waals surface area contributed by atoms with Crippen molar-refractivity contribution in [3.63, 3.8) is 0 Å². The average molecular weight is 452 g/mol. The third-order valence-corrected chi connectivity index (χ3v) is 6.93. The molecule has 0 atom stereocenters. The predicted octanol–water partition coefficient (Wildman–Crippen LogP) is 1.44. The second-order valence-corrected chi connectivity index (χ2v) is 10.5. The van der Waals surface area contributed by atoms with Crippen molar-refractivity contribution in [2.45, 2.75) is 25.8 Å². The third kappa shape index (κ3) is 6.02. The van der Waals surface area contributed by atoms with E-state index in [4.69, 9.17) is 4.74 Å². The number of benzene rings is 1. The molecule has 30 heavy (non-hydrogen) atoms. The first kappa shape index (κ1) is 22.2. The zero-order valence-electron chi connectivity index (χ0n) is 17.0. The fourth-order valence-corrected chi connectivity index (χ4v) is 4.74. The van der Waals surface area contributed by atoms with Crippen LogP contribution >= 0.6 is 11.3 Å². The topological polar surface area (TPSA) is 106 Å². The highest BCUT2D eigenvalue weighted by Crippen LogP contribution is 2.23. The summed E-state index contributed by atoms with van der Waals surface area (Å²) in [6, 6.07) is 7.50. The van der Waals surface area contributed by atoms with Gasteiger partial charge in [-0.2, -0.15) is 0 Å². The zero-order valence-corrected chi connectivity index (χ0v) is 18.6. The van der Waals surface area contributed by atoms with E-state index in [2.05, 4.69) is 10.3 Å². The molecule has 3 rings (SSSR count). The summed E-state index contributed by atoms with van der Waals surface area (Å²) in [6.07, 6.45) is 2.29. The molecule has 0 saturated carbocycles. The van der Waals surface area contributed by atoms with E-state index in [1.165, 1.54) is 11.3 Å². The molecule has 1 aromatic carbocycles. The summed E-state index contributed by atoms with van der Waals surface area (Å²) in [4.78, 5) is 32.0. The molecule has 2 heterocycles. The number of fused-ring (bicyclic) bond motifs is 1. The molecule has 2 amide bonds. The van der Waals surface area contributed by atoms with E-state index < -0.39 is 9.84 Å². The number of nitrogens with one attached hydrogen (secondary N) is 1. The van der Waals surface area contributed by atoms with Crippen molar-refractivity contribution in [3.05, 3.63) is 45.4 Å². The van der Waals surface area contributed by atoms with E-state index in [1.54, 1.807) is 12.0 Å². The Kier molecular flexibility index (Phi) is 7.09. The minimum Gasteiger partial charge on any atom is -0.497 e. The largest absolute Gasteiger partial charge is 0.497 e. The van der Waals surface area contributed by atoms with Crippen LogP contribution in [-0.2, 0) is 34.0 Å². The van der Waals surface area contributed by atoms with Crippen molar-refractivity contribution in [3.8, 4) is 5.75 Å². The maximum absolute atomic E-state index is 12.5. The van der Waals surface area contributed by atoms with Gasteiger partial charge in [0, 0.05) is 50.0 Å². The van der Waals surface area contributed by atoms with Gasteiger partial charge in [-0.1, -0.05) is 12.1 Å². The van der Waals surface area contributed by atoms with E-state index in [0.29, 0.717) is 37.5 Å². The summed E-state index contributed by atoms with van der Waals surface area (Å²) >= 11 is 1.35. The maximum atomic E-state index is 12.5. The van der Waals surface area contributed by atoms with Crippen LogP contribution in [0.1, 0.15) is 32.4 Å². The number of ether oxygens (including phenoxy) is 1. The number of thiazole rings is 1. The zero-order chi connectivity index (χ0) is 21.7. The van der Waals surface area contributed by atoms with Crippen molar-refractivity contribution < 1.29 is 22.7 Å². The quantitative estimate of drug-likeness (QED) is 0.683. The Morgan fingerprint density at radius 1 is 1.27 bits per heavy atom. The van der Waals surface area contributed by atoms with Crippen molar-refractivity contribution in [2.75, 3.05) is 32.2 Å². The number of nitrogens with zero attached hydrogens (tertiary/aromatic N) is 2. The molecular formula is C20H25N3O5S2. The molecule has 0 fully saturated rings. The summed E-state index contributed by atoms with van der Waals surface area (Å²) < 4.78 is 27.7. The van der Waals surface area contributed by atoms with Crippen molar-refractivity contribution in [2.24, 2.45) is 0 Å². The number of amides is 2. The van der Waals surface area contributed by atoms with Crippen molar-refractivity contribution in [1.82, 2.24) is 15.2 Å². The van der Waals surface area contributed by atoms with Crippen LogP contribution in [0.4, 0.5) is 0 Å². The molecule has 1 aromatic heterocycles. The third-order valence-electron chi connectivity index (χ3n) is 4.83. The first-order valence-corrected chi connectivity index (χ1v) is 12.5. The minimum absolute atomic E-state index is 0.00214. The van der Waals surface area contributed by atoms with Gasteiger partial charge >= 0.3 is 0 Å². The maximum Gasteiger partial charge on any atom is 0.280 e. The van der Waals surface area contributed by atoms with Gasteiger partial charge in [-0.05, 0) is 17.7 Å². The van der Waals surface area contributed by atoms with Gasteiger partial charge in [-0.3, -0.25) is 9.59 Å². The number of hydrogen-bond acceptors (Lipinski definition) is 7. The lowest BCUT2D eigenvalue weighted by atomic mass is 10.2. The minimum atomic E-state index is -3.16. The van der Waals surface area contributed by atoms with E-state index in [9.17, 15) is 18.0 Å². The summed E-state index contributed by atoms with van der Waals surface area (Å²) in [5, 5.41) is 3.30. The standard InChI is InChI=1S/C20H25N3O5S2/c1-28-15-5-3-4-14(12-15)13-21-19(25)20-22-16-6-9-23(10-7-17(16)29-20)18(24)8-11-30(2,26)27/h3-5,12H,6-11,13H2,1-2H3,(H,21,25). The highest BCUT2D eigenvalue weighted by Gasteiger charge is 2.23. The molecule has 0 spiro atoms. The number of carbonyl (C=O) groups is 2. The summed E-state index contributed by atoms with van der Waals surface area (Å²) in [7, 11) is -1.57.